The molecule has 16 heavy (non-hydrogen) atoms. The number of aliphatic hydroxyl groups is 1. The van der Waals surface area contributed by atoms with E-state index in [9.17, 15) is 5.11 Å². The SMILES string of the molecule is C[C@H](N)c1cccnc1N1CCCC(O)C1. The van der Waals surface area contributed by atoms with Crippen LogP contribution in [-0.4, -0.2) is 29.3 Å². The summed E-state index contributed by atoms with van der Waals surface area (Å²) in [5.74, 6) is 0.927. The molecule has 0 saturated carbocycles. The number of hydrogen-bond donors (Lipinski definition) is 2. The number of rotatable bonds is 2. The van der Waals surface area contributed by atoms with E-state index in [2.05, 4.69) is 9.88 Å². The summed E-state index contributed by atoms with van der Waals surface area (Å²) in [6.45, 7) is 3.57. The zero-order valence-corrected chi connectivity index (χ0v) is 9.63. The van der Waals surface area contributed by atoms with Gasteiger partial charge in [-0.25, -0.2) is 4.98 Å². The Hall–Kier alpha value is -1.13. The van der Waals surface area contributed by atoms with Gasteiger partial charge in [-0.3, -0.25) is 0 Å². The Kier molecular flexibility index (Phi) is 3.41. The number of anilines is 1. The lowest BCUT2D eigenvalue weighted by molar-refractivity contribution is 0.153. The fourth-order valence-electron chi connectivity index (χ4n) is 2.18. The second kappa shape index (κ2) is 4.80. The first-order chi connectivity index (χ1) is 7.68. The number of aliphatic hydroxyl groups excluding tert-OH is 1. The van der Waals surface area contributed by atoms with Crippen LogP contribution in [0.4, 0.5) is 5.82 Å². The van der Waals surface area contributed by atoms with Gasteiger partial charge in [-0.05, 0) is 25.8 Å². The Morgan fingerprint density at radius 1 is 1.62 bits per heavy atom. The van der Waals surface area contributed by atoms with E-state index in [1.807, 2.05) is 19.1 Å². The van der Waals surface area contributed by atoms with Crippen molar-refractivity contribution in [2.45, 2.75) is 31.9 Å². The lowest BCUT2D eigenvalue weighted by Crippen LogP contribution is -2.39. The highest BCUT2D eigenvalue weighted by molar-refractivity contribution is 5.48. The predicted molar refractivity (Wildman–Crippen MR) is 64.3 cm³/mol. The van der Waals surface area contributed by atoms with Crippen molar-refractivity contribution in [1.82, 2.24) is 4.98 Å². The molecule has 1 fully saturated rings. The third-order valence-electron chi connectivity index (χ3n) is 3.00. The van der Waals surface area contributed by atoms with Gasteiger partial charge in [0.15, 0.2) is 0 Å². The van der Waals surface area contributed by atoms with Crippen LogP contribution in [0, 0.1) is 0 Å². The highest BCUT2D eigenvalue weighted by Crippen LogP contribution is 2.25. The maximum Gasteiger partial charge on any atom is 0.133 e. The number of β-amino-alcohol motifs (C(OH)–C–C–N with tert-alkyl or cyclic N) is 1. The van der Waals surface area contributed by atoms with Crippen molar-refractivity contribution in [3.63, 3.8) is 0 Å². The fourth-order valence-corrected chi connectivity index (χ4v) is 2.18. The number of nitrogens with zero attached hydrogens (tertiary/aromatic N) is 2. The van der Waals surface area contributed by atoms with Gasteiger partial charge in [0.1, 0.15) is 5.82 Å². The van der Waals surface area contributed by atoms with Crippen LogP contribution in [0.1, 0.15) is 31.4 Å². The number of hydrogen-bond acceptors (Lipinski definition) is 4. The minimum atomic E-state index is -0.239. The molecule has 2 heterocycles. The third kappa shape index (κ3) is 2.33. The Morgan fingerprint density at radius 3 is 3.12 bits per heavy atom. The predicted octanol–water partition coefficient (Wildman–Crippen LogP) is 1.06. The van der Waals surface area contributed by atoms with Crippen molar-refractivity contribution in [3.8, 4) is 0 Å². The molecular formula is C12H19N3O. The highest BCUT2D eigenvalue weighted by Gasteiger charge is 2.21. The summed E-state index contributed by atoms with van der Waals surface area (Å²) >= 11 is 0. The Morgan fingerprint density at radius 2 is 2.44 bits per heavy atom. The molecule has 0 aromatic carbocycles. The van der Waals surface area contributed by atoms with Crippen LogP contribution in [-0.2, 0) is 0 Å². The molecule has 0 bridgehead atoms. The molecule has 1 aliphatic heterocycles. The normalized spacial score (nSPS) is 23.2. The minimum Gasteiger partial charge on any atom is -0.391 e. The van der Waals surface area contributed by atoms with Gasteiger partial charge in [0.05, 0.1) is 6.10 Å². The summed E-state index contributed by atoms with van der Waals surface area (Å²) in [5, 5.41) is 9.67. The topological polar surface area (TPSA) is 62.4 Å². The van der Waals surface area contributed by atoms with Gasteiger partial charge in [-0.15, -0.1) is 0 Å². The zero-order chi connectivity index (χ0) is 11.5. The standard InChI is InChI=1S/C12H19N3O/c1-9(13)11-5-2-6-14-12(11)15-7-3-4-10(16)8-15/h2,5-6,9-10,16H,3-4,7-8,13H2,1H3/t9-,10?/m0/s1. The van der Waals surface area contributed by atoms with Crippen molar-refractivity contribution in [3.05, 3.63) is 23.9 Å². The number of pyridine rings is 1. The highest BCUT2D eigenvalue weighted by atomic mass is 16.3. The monoisotopic (exact) mass is 221 g/mol. The van der Waals surface area contributed by atoms with Crippen LogP contribution in [0.15, 0.2) is 18.3 Å². The number of piperidine rings is 1. The smallest absolute Gasteiger partial charge is 0.133 e. The largest absolute Gasteiger partial charge is 0.391 e. The summed E-state index contributed by atoms with van der Waals surface area (Å²) in [7, 11) is 0. The van der Waals surface area contributed by atoms with Crippen molar-refractivity contribution in [2.24, 2.45) is 5.73 Å². The Labute approximate surface area is 96.1 Å². The maximum absolute atomic E-state index is 9.67. The van der Waals surface area contributed by atoms with Gasteiger partial charge in [-0.1, -0.05) is 6.07 Å². The number of aromatic nitrogens is 1. The molecule has 2 atom stereocenters. The minimum absolute atomic E-state index is 0.0252. The van der Waals surface area contributed by atoms with E-state index >= 15 is 0 Å². The van der Waals surface area contributed by atoms with Crippen LogP contribution in [0.2, 0.25) is 0 Å². The average molecular weight is 221 g/mol. The molecule has 0 radical (unpaired) electrons. The molecule has 1 aromatic rings. The van der Waals surface area contributed by atoms with E-state index < -0.39 is 0 Å². The molecule has 4 heteroatoms. The Bertz CT molecular complexity index is 354. The molecule has 2 rings (SSSR count). The summed E-state index contributed by atoms with van der Waals surface area (Å²) in [6.07, 6.45) is 3.44. The van der Waals surface area contributed by atoms with Crippen LogP contribution in [0.5, 0.6) is 0 Å². The second-order valence-corrected chi connectivity index (χ2v) is 4.45. The molecule has 4 nitrogen and oxygen atoms in total. The van der Waals surface area contributed by atoms with Gasteiger partial charge in [0.25, 0.3) is 0 Å². The first-order valence-corrected chi connectivity index (χ1v) is 5.82. The summed E-state index contributed by atoms with van der Waals surface area (Å²) < 4.78 is 0. The molecule has 1 saturated heterocycles. The molecule has 1 unspecified atom stereocenters. The third-order valence-corrected chi connectivity index (χ3v) is 3.00. The van der Waals surface area contributed by atoms with E-state index in [0.717, 1.165) is 30.8 Å². The molecular weight excluding hydrogens is 202 g/mol. The van der Waals surface area contributed by atoms with Gasteiger partial charge < -0.3 is 15.7 Å². The van der Waals surface area contributed by atoms with E-state index in [-0.39, 0.29) is 12.1 Å². The van der Waals surface area contributed by atoms with Crippen molar-refractivity contribution in [1.29, 1.82) is 0 Å². The van der Waals surface area contributed by atoms with Crippen molar-refractivity contribution >= 4 is 5.82 Å². The summed E-state index contributed by atoms with van der Waals surface area (Å²) in [6, 6.07) is 3.89. The van der Waals surface area contributed by atoms with Gasteiger partial charge in [0.2, 0.25) is 0 Å². The molecule has 3 N–H and O–H groups in total. The lowest BCUT2D eigenvalue weighted by atomic mass is 10.1. The van der Waals surface area contributed by atoms with E-state index in [0.29, 0.717) is 6.54 Å². The van der Waals surface area contributed by atoms with Crippen molar-refractivity contribution < 1.29 is 5.11 Å². The zero-order valence-electron chi connectivity index (χ0n) is 9.63. The van der Waals surface area contributed by atoms with Gasteiger partial charge in [0, 0.05) is 30.9 Å². The molecule has 1 aliphatic rings. The van der Waals surface area contributed by atoms with Crippen molar-refractivity contribution in [2.75, 3.05) is 18.0 Å². The Balaban J connectivity index is 2.25. The quantitative estimate of drug-likeness (QED) is 0.784. The molecule has 0 amide bonds. The van der Waals surface area contributed by atoms with E-state index in [1.54, 1.807) is 6.20 Å². The van der Waals surface area contributed by atoms with Crippen LogP contribution >= 0.6 is 0 Å². The fraction of sp³-hybridized carbons (Fsp3) is 0.583. The van der Waals surface area contributed by atoms with Gasteiger partial charge >= 0.3 is 0 Å². The first kappa shape index (κ1) is 11.4. The lowest BCUT2D eigenvalue weighted by Gasteiger charge is -2.32. The van der Waals surface area contributed by atoms with Crippen LogP contribution in [0.25, 0.3) is 0 Å². The maximum atomic E-state index is 9.67. The van der Waals surface area contributed by atoms with Gasteiger partial charge in [-0.2, -0.15) is 0 Å². The number of nitrogens with two attached hydrogens (primary N) is 1. The first-order valence-electron chi connectivity index (χ1n) is 5.82. The summed E-state index contributed by atoms with van der Waals surface area (Å²) in [4.78, 5) is 6.52. The summed E-state index contributed by atoms with van der Waals surface area (Å²) in [5.41, 5.74) is 6.98. The van der Waals surface area contributed by atoms with E-state index in [4.69, 9.17) is 5.73 Å². The van der Waals surface area contributed by atoms with Crippen LogP contribution < -0.4 is 10.6 Å². The second-order valence-electron chi connectivity index (χ2n) is 4.45. The van der Waals surface area contributed by atoms with Crippen LogP contribution in [0.3, 0.4) is 0 Å². The molecule has 1 aromatic heterocycles. The molecule has 0 spiro atoms. The average Bonchev–Trinajstić information content (AvgIpc) is 2.29. The molecule has 0 aliphatic carbocycles. The van der Waals surface area contributed by atoms with E-state index in [1.165, 1.54) is 0 Å². The molecule has 88 valence electrons.